The van der Waals surface area contributed by atoms with Crippen molar-refractivity contribution in [2.24, 2.45) is 0 Å². The highest BCUT2D eigenvalue weighted by atomic mass is 35.5. The average molecular weight is 576 g/mol. The third-order valence-electron chi connectivity index (χ3n) is 6.26. The minimum Gasteiger partial charge on any atom is -0.454 e. The maximum atomic E-state index is 15.0. The summed E-state index contributed by atoms with van der Waals surface area (Å²) in [4.78, 5) is 23.0. The van der Waals surface area contributed by atoms with Crippen LogP contribution in [0.4, 0.5) is 29.1 Å². The van der Waals surface area contributed by atoms with Gasteiger partial charge >= 0.3 is 6.18 Å². The highest BCUT2D eigenvalue weighted by Gasteiger charge is 2.41. The van der Waals surface area contributed by atoms with E-state index in [9.17, 15) is 18.0 Å². The van der Waals surface area contributed by atoms with Gasteiger partial charge in [0.15, 0.2) is 23.1 Å². The molecule has 4 aromatic rings. The molecule has 4 heterocycles. The fraction of sp³-hybridized carbons (Fsp3) is 0.231. The predicted octanol–water partition coefficient (Wildman–Crippen LogP) is 5.70. The van der Waals surface area contributed by atoms with E-state index in [4.69, 9.17) is 22.1 Å². The number of hydrogen-bond donors (Lipinski definition) is 2. The van der Waals surface area contributed by atoms with Gasteiger partial charge in [0.1, 0.15) is 11.6 Å². The second-order valence-corrected chi connectivity index (χ2v) is 9.39. The Morgan fingerprint density at radius 3 is 2.58 bits per heavy atom. The van der Waals surface area contributed by atoms with Gasteiger partial charge in [0.25, 0.3) is 5.91 Å². The van der Waals surface area contributed by atoms with Gasteiger partial charge in [-0.2, -0.15) is 18.3 Å². The molecule has 0 spiro atoms. The molecular formula is C26H22ClF4N7O2. The molecular weight excluding hydrogens is 554 g/mol. The number of carbonyl (C=O) groups is 1. The molecule has 0 saturated carbocycles. The molecule has 208 valence electrons. The Morgan fingerprint density at radius 2 is 1.88 bits per heavy atom. The van der Waals surface area contributed by atoms with Gasteiger partial charge in [-0.25, -0.2) is 19.0 Å². The van der Waals surface area contributed by atoms with Crippen LogP contribution in [0, 0.1) is 5.82 Å². The molecule has 3 aromatic heterocycles. The second kappa shape index (κ2) is 11.1. The van der Waals surface area contributed by atoms with Crippen molar-refractivity contribution in [3.8, 4) is 17.3 Å². The number of amides is 1. The number of halogens is 5. The zero-order valence-corrected chi connectivity index (χ0v) is 21.5. The SMILES string of the molecule is Nc1nccc(Oc2ccc(NC(=O)c3cnn(-c4ncccc4Cl)c3C(F)(F)F)cc2F)c1CN1CCCC1. The number of hydrogen-bond acceptors (Lipinski definition) is 7. The van der Waals surface area contributed by atoms with Crippen molar-refractivity contribution in [2.75, 3.05) is 24.1 Å². The lowest BCUT2D eigenvalue weighted by atomic mass is 10.2. The quantitative estimate of drug-likeness (QED) is 0.272. The Kier molecular flexibility index (Phi) is 7.59. The zero-order valence-electron chi connectivity index (χ0n) is 20.8. The maximum Gasteiger partial charge on any atom is 0.434 e. The van der Waals surface area contributed by atoms with Gasteiger partial charge < -0.3 is 15.8 Å². The van der Waals surface area contributed by atoms with Gasteiger partial charge in [-0.1, -0.05) is 11.6 Å². The molecule has 1 aromatic carbocycles. The summed E-state index contributed by atoms with van der Waals surface area (Å²) in [5.74, 6) is -1.89. The number of rotatable bonds is 7. The lowest BCUT2D eigenvalue weighted by Gasteiger charge is -2.19. The van der Waals surface area contributed by atoms with Gasteiger partial charge in [0.05, 0.1) is 22.3 Å². The first-order valence-corrected chi connectivity index (χ1v) is 12.5. The molecule has 1 fully saturated rings. The number of ether oxygens (including phenoxy) is 1. The summed E-state index contributed by atoms with van der Waals surface area (Å²) in [6.45, 7) is 2.30. The third-order valence-corrected chi connectivity index (χ3v) is 6.55. The number of pyridine rings is 2. The number of nitrogen functional groups attached to an aromatic ring is 1. The van der Waals surface area contributed by atoms with Crippen LogP contribution in [0.2, 0.25) is 5.02 Å². The molecule has 0 atom stereocenters. The Bertz CT molecular complexity index is 1550. The Morgan fingerprint density at radius 1 is 1.10 bits per heavy atom. The van der Waals surface area contributed by atoms with Crippen LogP contribution in [0.25, 0.3) is 5.82 Å². The number of nitrogens with two attached hydrogens (primary N) is 1. The van der Waals surface area contributed by atoms with Crippen molar-refractivity contribution < 1.29 is 27.1 Å². The molecule has 5 rings (SSSR count). The largest absolute Gasteiger partial charge is 0.454 e. The molecule has 0 bridgehead atoms. The number of likely N-dealkylation sites (tertiary alicyclic amines) is 1. The standard InChI is InChI=1S/C26H22ClF4N7O2/c27-18-4-3-8-34-24(18)38-22(26(29,30)31)16(13-35-38)25(39)36-15-5-6-21(19(28)12-15)40-20-7-9-33-23(32)17(20)14-37-10-1-2-11-37/h3-9,12-13H,1-2,10-11,14H2,(H2,32,33)(H,36,39). The third kappa shape index (κ3) is 5.70. The fourth-order valence-corrected chi connectivity index (χ4v) is 4.57. The minimum absolute atomic E-state index is 0.0970. The van der Waals surface area contributed by atoms with E-state index in [1.165, 1.54) is 36.7 Å². The fourth-order valence-electron chi connectivity index (χ4n) is 4.37. The van der Waals surface area contributed by atoms with Gasteiger partial charge in [0, 0.05) is 30.7 Å². The summed E-state index contributed by atoms with van der Waals surface area (Å²) in [5, 5.41) is 5.86. The smallest absolute Gasteiger partial charge is 0.434 e. The van der Waals surface area contributed by atoms with Crippen molar-refractivity contribution in [2.45, 2.75) is 25.6 Å². The van der Waals surface area contributed by atoms with Crippen LogP contribution in [0.1, 0.15) is 34.5 Å². The van der Waals surface area contributed by atoms with E-state index in [0.717, 1.165) is 38.2 Å². The highest BCUT2D eigenvalue weighted by Crippen LogP contribution is 2.36. The van der Waals surface area contributed by atoms with Crippen molar-refractivity contribution in [3.05, 3.63) is 82.6 Å². The lowest BCUT2D eigenvalue weighted by molar-refractivity contribution is -0.143. The maximum absolute atomic E-state index is 15.0. The van der Waals surface area contributed by atoms with Crippen LogP contribution >= 0.6 is 11.6 Å². The Labute approximate surface area is 230 Å². The number of aromatic nitrogens is 4. The van der Waals surface area contributed by atoms with Crippen LogP contribution in [0.3, 0.4) is 0 Å². The zero-order chi connectivity index (χ0) is 28.4. The summed E-state index contributed by atoms with van der Waals surface area (Å²) in [6, 6.07) is 7.84. The van der Waals surface area contributed by atoms with Crippen LogP contribution in [-0.4, -0.2) is 43.6 Å². The van der Waals surface area contributed by atoms with Crippen LogP contribution in [-0.2, 0) is 12.7 Å². The van der Waals surface area contributed by atoms with Crippen molar-refractivity contribution in [1.29, 1.82) is 0 Å². The minimum atomic E-state index is -4.98. The monoisotopic (exact) mass is 575 g/mol. The Hall–Kier alpha value is -4.23. The van der Waals surface area contributed by atoms with Gasteiger partial charge in [-0.05, 0) is 56.3 Å². The molecule has 1 amide bonds. The summed E-state index contributed by atoms with van der Waals surface area (Å²) in [7, 11) is 0. The van der Waals surface area contributed by atoms with E-state index < -0.39 is 29.2 Å². The van der Waals surface area contributed by atoms with Crippen molar-refractivity contribution in [3.63, 3.8) is 0 Å². The topological polar surface area (TPSA) is 111 Å². The molecule has 0 aliphatic carbocycles. The normalized spacial score (nSPS) is 13.9. The first-order chi connectivity index (χ1) is 19.1. The summed E-state index contributed by atoms with van der Waals surface area (Å²) >= 11 is 5.99. The van der Waals surface area contributed by atoms with E-state index in [1.54, 1.807) is 6.07 Å². The van der Waals surface area contributed by atoms with E-state index in [-0.39, 0.29) is 28.1 Å². The van der Waals surface area contributed by atoms with Crippen molar-refractivity contribution >= 4 is 29.0 Å². The van der Waals surface area contributed by atoms with Crippen LogP contribution in [0.5, 0.6) is 11.5 Å². The van der Waals surface area contributed by atoms with E-state index in [1.807, 2.05) is 0 Å². The Balaban J connectivity index is 1.37. The molecule has 0 unspecified atom stereocenters. The van der Waals surface area contributed by atoms with E-state index in [2.05, 4.69) is 25.3 Å². The molecule has 1 aliphatic rings. The average Bonchev–Trinajstić information content (AvgIpc) is 3.58. The van der Waals surface area contributed by atoms with Crippen LogP contribution in [0.15, 0.2) is 55.0 Å². The molecule has 1 aliphatic heterocycles. The first-order valence-electron chi connectivity index (χ1n) is 12.1. The molecule has 14 heteroatoms. The summed E-state index contributed by atoms with van der Waals surface area (Å²) in [6.07, 6.45) is 0.589. The number of benzene rings is 1. The van der Waals surface area contributed by atoms with Gasteiger partial charge in [0.2, 0.25) is 0 Å². The van der Waals surface area contributed by atoms with Gasteiger partial charge in [-0.15, -0.1) is 0 Å². The van der Waals surface area contributed by atoms with E-state index >= 15 is 4.39 Å². The molecule has 0 radical (unpaired) electrons. The summed E-state index contributed by atoms with van der Waals surface area (Å²) in [5.41, 5.74) is 4.40. The molecule has 9 nitrogen and oxygen atoms in total. The second-order valence-electron chi connectivity index (χ2n) is 8.98. The van der Waals surface area contributed by atoms with Crippen LogP contribution < -0.4 is 15.8 Å². The number of alkyl halides is 3. The number of carbonyl (C=O) groups excluding carboxylic acids is 1. The lowest BCUT2D eigenvalue weighted by Crippen LogP contribution is -2.21. The van der Waals surface area contributed by atoms with Crippen molar-refractivity contribution in [1.82, 2.24) is 24.6 Å². The van der Waals surface area contributed by atoms with E-state index in [0.29, 0.717) is 22.5 Å². The van der Waals surface area contributed by atoms with Gasteiger partial charge in [-0.3, -0.25) is 9.69 Å². The number of nitrogens with zero attached hydrogens (tertiary/aromatic N) is 5. The summed E-state index contributed by atoms with van der Waals surface area (Å²) < 4.78 is 63.1. The molecule has 1 saturated heterocycles. The highest BCUT2D eigenvalue weighted by molar-refractivity contribution is 6.32. The number of nitrogens with one attached hydrogen (secondary N) is 1. The number of anilines is 2. The molecule has 3 N–H and O–H groups in total. The molecule has 40 heavy (non-hydrogen) atoms. The predicted molar refractivity (Wildman–Crippen MR) is 139 cm³/mol. The first kappa shape index (κ1) is 27.3.